The average Bonchev–Trinajstić information content (AvgIpc) is 3.15. The zero-order valence-electron chi connectivity index (χ0n) is 38.6. The minimum absolute atomic E-state index is 0. The van der Waals surface area contributed by atoms with E-state index in [1.54, 1.807) is 0 Å². The molecule has 0 aromatic carbocycles. The van der Waals surface area contributed by atoms with Crippen molar-refractivity contribution in [3.05, 3.63) is 0 Å². The first-order chi connectivity index (χ1) is 27.1. The van der Waals surface area contributed by atoms with E-state index in [4.69, 9.17) is 0 Å². The van der Waals surface area contributed by atoms with Crippen LogP contribution in [-0.2, 0) is 19.2 Å². The fourth-order valence-electron chi connectivity index (χ4n) is 6.32. The molecule has 0 aromatic heterocycles. The molecule has 0 heterocycles. The van der Waals surface area contributed by atoms with Crippen molar-refractivity contribution < 1.29 is 39.6 Å². The van der Waals surface area contributed by atoms with Crippen molar-refractivity contribution in [2.45, 2.75) is 285 Å². The van der Waals surface area contributed by atoms with Crippen LogP contribution in [0.2, 0.25) is 0 Å². The molecule has 4 radical (unpaired) electrons. The second kappa shape index (κ2) is 65.6. The Morgan fingerprint density at radius 2 is 0.328 bits per heavy atom. The van der Waals surface area contributed by atoms with Crippen molar-refractivity contribution in [1.82, 2.24) is 0 Å². The quantitative estimate of drug-likeness (QED) is 0.0433. The Hall–Kier alpha value is -0.523. The summed E-state index contributed by atoms with van der Waals surface area (Å²) < 4.78 is 0. The van der Waals surface area contributed by atoms with Gasteiger partial charge in [0.05, 0.1) is 0 Å². The summed E-state index contributed by atoms with van der Waals surface area (Å²) in [5.74, 6) is -3.64. The van der Waals surface area contributed by atoms with Gasteiger partial charge < -0.3 is 39.6 Å². The van der Waals surface area contributed by atoms with Gasteiger partial charge in [-0.15, -0.1) is 0 Å². The maximum atomic E-state index is 10.1. The Balaban J connectivity index is -0.000000154. The third-order valence-corrected chi connectivity index (χ3v) is 9.94. The zero-order chi connectivity index (χ0) is 42.6. The molecule has 0 N–H and O–H groups in total. The molecular weight excluding hydrogens is 942 g/mol. The first-order valence-electron chi connectivity index (χ1n) is 23.9. The van der Waals surface area contributed by atoms with Crippen LogP contribution in [0, 0.1) is 0 Å². The molecule has 0 atom stereocenters. The molecule has 0 aliphatic carbocycles. The molecule has 10 heteroatoms. The zero-order valence-corrected chi connectivity index (χ0v) is 44.3. The SMILES string of the molecule is CCCCCCCCCCCC(=O)[O-].CCCCCCCCCCCC(=O)[O-].CCCCCCCCCCCC(=O)[O-].CCCCCCCCCCCC(=O)[O-].[Sn+2].[Sn+2]. The summed E-state index contributed by atoms with van der Waals surface area (Å²) in [7, 11) is 0. The molecule has 0 fully saturated rings. The summed E-state index contributed by atoms with van der Waals surface area (Å²) in [5, 5.41) is 40.4. The third-order valence-electron chi connectivity index (χ3n) is 9.94. The van der Waals surface area contributed by atoms with Gasteiger partial charge in [-0.2, -0.15) is 0 Å². The molecule has 0 aliphatic heterocycles. The predicted molar refractivity (Wildman–Crippen MR) is 239 cm³/mol. The van der Waals surface area contributed by atoms with E-state index in [-0.39, 0.29) is 73.5 Å². The molecule has 0 bridgehead atoms. The molecule has 0 saturated heterocycles. The van der Waals surface area contributed by atoms with Crippen molar-refractivity contribution >= 4 is 71.7 Å². The van der Waals surface area contributed by atoms with Crippen LogP contribution in [0.25, 0.3) is 0 Å². The Morgan fingerprint density at radius 3 is 0.431 bits per heavy atom. The molecule has 0 rings (SSSR count). The standard InChI is InChI=1S/4C12H24O2.2Sn/c4*1-2-3-4-5-6-7-8-9-10-11-12(13)14;;/h4*2-11H2,1H3,(H,13,14);;/q;;;;2*+2/p-4. The summed E-state index contributed by atoms with van der Waals surface area (Å²) in [6, 6.07) is 0. The van der Waals surface area contributed by atoms with Gasteiger partial charge in [0.15, 0.2) is 0 Å². The Morgan fingerprint density at radius 1 is 0.224 bits per heavy atom. The van der Waals surface area contributed by atoms with Crippen LogP contribution in [0.1, 0.15) is 285 Å². The van der Waals surface area contributed by atoms with Crippen LogP contribution in [0.5, 0.6) is 0 Å². The van der Waals surface area contributed by atoms with Crippen LogP contribution in [0.15, 0.2) is 0 Å². The summed E-state index contributed by atoms with van der Waals surface area (Å²) in [6.07, 6.45) is 44.7. The molecule has 58 heavy (non-hydrogen) atoms. The van der Waals surface area contributed by atoms with Gasteiger partial charge in [-0.1, -0.05) is 233 Å². The molecular formula is C48H92O8Sn2. The number of hydrogen-bond donors (Lipinski definition) is 0. The Kier molecular flexibility index (Phi) is 78.2. The Bertz CT molecular complexity index is 670. The van der Waals surface area contributed by atoms with Crippen molar-refractivity contribution in [3.8, 4) is 0 Å². The van der Waals surface area contributed by atoms with Crippen LogP contribution in [-0.4, -0.2) is 71.7 Å². The average molecular weight is 1030 g/mol. The van der Waals surface area contributed by atoms with Crippen molar-refractivity contribution in [1.29, 1.82) is 0 Å². The molecule has 0 saturated carbocycles. The fraction of sp³-hybridized carbons (Fsp3) is 0.917. The second-order valence-corrected chi connectivity index (χ2v) is 15.8. The van der Waals surface area contributed by atoms with E-state index in [2.05, 4.69) is 27.7 Å². The number of carbonyl (C=O) groups excluding carboxylic acids is 4. The minimum atomic E-state index is -0.909. The van der Waals surface area contributed by atoms with Crippen LogP contribution < -0.4 is 20.4 Å². The van der Waals surface area contributed by atoms with E-state index in [9.17, 15) is 39.6 Å². The number of unbranched alkanes of at least 4 members (excludes halogenated alkanes) is 32. The topological polar surface area (TPSA) is 161 Å². The number of hydrogen-bond acceptors (Lipinski definition) is 8. The summed E-state index contributed by atoms with van der Waals surface area (Å²) in [6.45, 7) is 8.89. The van der Waals surface area contributed by atoms with Gasteiger partial charge in [-0.05, 0) is 51.4 Å². The van der Waals surface area contributed by atoms with E-state index in [1.807, 2.05) is 0 Å². The molecule has 0 unspecified atom stereocenters. The first kappa shape index (κ1) is 69.2. The van der Waals surface area contributed by atoms with E-state index in [0.29, 0.717) is 0 Å². The normalized spacial score (nSPS) is 10.0. The van der Waals surface area contributed by atoms with Crippen LogP contribution in [0.3, 0.4) is 0 Å². The van der Waals surface area contributed by atoms with Gasteiger partial charge in [-0.25, -0.2) is 0 Å². The maximum absolute atomic E-state index is 10.1. The van der Waals surface area contributed by atoms with Crippen LogP contribution >= 0.6 is 0 Å². The van der Waals surface area contributed by atoms with E-state index < -0.39 is 23.9 Å². The van der Waals surface area contributed by atoms with E-state index >= 15 is 0 Å². The molecule has 0 amide bonds. The van der Waals surface area contributed by atoms with Crippen molar-refractivity contribution in [2.75, 3.05) is 0 Å². The van der Waals surface area contributed by atoms with Gasteiger partial charge >= 0.3 is 47.8 Å². The van der Waals surface area contributed by atoms with E-state index in [1.165, 1.54) is 180 Å². The fourth-order valence-corrected chi connectivity index (χ4v) is 6.32. The van der Waals surface area contributed by atoms with Gasteiger partial charge in [-0.3, -0.25) is 0 Å². The number of carboxylic acid groups (broad SMARTS) is 4. The van der Waals surface area contributed by atoms with Crippen molar-refractivity contribution in [2.24, 2.45) is 0 Å². The van der Waals surface area contributed by atoms with E-state index in [0.717, 1.165) is 51.4 Å². The minimum Gasteiger partial charge on any atom is -0.550 e. The summed E-state index contributed by atoms with van der Waals surface area (Å²) in [4.78, 5) is 40.4. The monoisotopic (exact) mass is 1040 g/mol. The van der Waals surface area contributed by atoms with Gasteiger partial charge in [0, 0.05) is 23.9 Å². The molecule has 0 spiro atoms. The number of rotatable bonds is 40. The molecule has 0 aliphatic rings. The number of carboxylic acids is 4. The largest absolute Gasteiger partial charge is 2.00 e. The summed E-state index contributed by atoms with van der Waals surface area (Å²) >= 11 is 0. The molecule has 0 aromatic rings. The third kappa shape index (κ3) is 87.1. The van der Waals surface area contributed by atoms with Gasteiger partial charge in [0.25, 0.3) is 0 Å². The summed E-state index contributed by atoms with van der Waals surface area (Å²) in [5.41, 5.74) is 0. The van der Waals surface area contributed by atoms with Gasteiger partial charge in [0.1, 0.15) is 0 Å². The molecule has 8 nitrogen and oxygen atoms in total. The van der Waals surface area contributed by atoms with Gasteiger partial charge in [0.2, 0.25) is 0 Å². The Labute approximate surface area is 393 Å². The van der Waals surface area contributed by atoms with Crippen molar-refractivity contribution in [3.63, 3.8) is 0 Å². The maximum Gasteiger partial charge on any atom is 2.00 e. The number of carbonyl (C=O) groups is 4. The second-order valence-electron chi connectivity index (χ2n) is 15.8. The predicted octanol–water partition coefficient (Wildman–Crippen LogP) is 9.87. The number of aliphatic carboxylic acids is 4. The van der Waals surface area contributed by atoms with Crippen LogP contribution in [0.4, 0.5) is 0 Å². The smallest absolute Gasteiger partial charge is 0.550 e. The first-order valence-corrected chi connectivity index (χ1v) is 23.9. The molecule has 340 valence electrons.